The standard InChI is InChI=1S/C13H12BrN5O/c1-2-19-12(10(16)7-17-19)13(20)18-11-4-3-9(14)5-8(11)6-15/h3-5,7H,2,16H2,1H3,(H,18,20). The number of halogens is 1. The third-order valence-corrected chi connectivity index (χ3v) is 3.23. The Morgan fingerprint density at radius 2 is 2.35 bits per heavy atom. The van der Waals surface area contributed by atoms with Crippen molar-refractivity contribution in [2.75, 3.05) is 11.1 Å². The molecule has 1 aromatic carbocycles. The molecule has 1 aromatic heterocycles. The first-order valence-electron chi connectivity index (χ1n) is 5.89. The first kappa shape index (κ1) is 14.1. The molecule has 102 valence electrons. The Kier molecular flexibility index (Phi) is 4.05. The molecule has 20 heavy (non-hydrogen) atoms. The average Bonchev–Trinajstić information content (AvgIpc) is 2.81. The van der Waals surface area contributed by atoms with Crippen molar-refractivity contribution in [1.29, 1.82) is 5.26 Å². The number of hydrogen-bond acceptors (Lipinski definition) is 4. The molecule has 0 aliphatic heterocycles. The van der Waals surface area contributed by atoms with Crippen LogP contribution in [0.25, 0.3) is 0 Å². The molecule has 0 saturated heterocycles. The van der Waals surface area contributed by atoms with Crippen LogP contribution in [-0.2, 0) is 6.54 Å². The molecule has 0 radical (unpaired) electrons. The number of carbonyl (C=O) groups excluding carboxylic acids is 1. The van der Waals surface area contributed by atoms with Crippen LogP contribution in [0.5, 0.6) is 0 Å². The third kappa shape index (κ3) is 2.65. The van der Waals surface area contributed by atoms with Crippen LogP contribution in [0, 0.1) is 11.3 Å². The Bertz CT molecular complexity index is 701. The van der Waals surface area contributed by atoms with E-state index in [-0.39, 0.29) is 5.91 Å². The molecule has 2 aromatic rings. The molecular weight excluding hydrogens is 322 g/mol. The zero-order chi connectivity index (χ0) is 14.7. The van der Waals surface area contributed by atoms with Gasteiger partial charge in [0.2, 0.25) is 0 Å². The van der Waals surface area contributed by atoms with Gasteiger partial charge in [0, 0.05) is 11.0 Å². The van der Waals surface area contributed by atoms with Gasteiger partial charge < -0.3 is 11.1 Å². The van der Waals surface area contributed by atoms with Gasteiger partial charge in [-0.25, -0.2) is 0 Å². The van der Waals surface area contributed by atoms with Crippen LogP contribution in [0.3, 0.4) is 0 Å². The molecule has 0 saturated carbocycles. The van der Waals surface area contributed by atoms with Crippen molar-refractivity contribution in [3.05, 3.63) is 40.1 Å². The van der Waals surface area contributed by atoms with Gasteiger partial charge in [-0.05, 0) is 25.1 Å². The van der Waals surface area contributed by atoms with Crippen LogP contribution < -0.4 is 11.1 Å². The molecule has 1 heterocycles. The number of nitrogens with one attached hydrogen (secondary N) is 1. The van der Waals surface area contributed by atoms with Crippen LogP contribution in [-0.4, -0.2) is 15.7 Å². The minimum Gasteiger partial charge on any atom is -0.396 e. The lowest BCUT2D eigenvalue weighted by Gasteiger charge is -2.09. The highest BCUT2D eigenvalue weighted by Crippen LogP contribution is 2.21. The smallest absolute Gasteiger partial charge is 0.276 e. The summed E-state index contributed by atoms with van der Waals surface area (Å²) < 4.78 is 2.28. The Labute approximate surface area is 124 Å². The Morgan fingerprint density at radius 1 is 1.60 bits per heavy atom. The number of amides is 1. The molecule has 0 fully saturated rings. The van der Waals surface area contributed by atoms with E-state index < -0.39 is 0 Å². The fraction of sp³-hybridized carbons (Fsp3) is 0.154. The summed E-state index contributed by atoms with van der Waals surface area (Å²) in [5.74, 6) is -0.388. The van der Waals surface area contributed by atoms with E-state index in [1.165, 1.54) is 10.9 Å². The monoisotopic (exact) mass is 333 g/mol. The van der Waals surface area contributed by atoms with E-state index in [1.807, 2.05) is 13.0 Å². The molecule has 0 unspecified atom stereocenters. The fourth-order valence-corrected chi connectivity index (χ4v) is 2.15. The molecule has 0 atom stereocenters. The maximum absolute atomic E-state index is 12.3. The molecule has 0 spiro atoms. The maximum Gasteiger partial charge on any atom is 0.276 e. The summed E-state index contributed by atoms with van der Waals surface area (Å²) in [4.78, 5) is 12.3. The predicted molar refractivity (Wildman–Crippen MR) is 79.1 cm³/mol. The molecule has 0 aliphatic rings. The van der Waals surface area contributed by atoms with Gasteiger partial charge in [0.05, 0.1) is 23.1 Å². The Balaban J connectivity index is 2.33. The SMILES string of the molecule is CCn1ncc(N)c1C(=O)Nc1ccc(Br)cc1C#N. The highest BCUT2D eigenvalue weighted by molar-refractivity contribution is 9.10. The van der Waals surface area contributed by atoms with E-state index >= 15 is 0 Å². The lowest BCUT2D eigenvalue weighted by Crippen LogP contribution is -2.19. The van der Waals surface area contributed by atoms with Gasteiger partial charge >= 0.3 is 0 Å². The number of anilines is 2. The van der Waals surface area contributed by atoms with Gasteiger partial charge in [0.15, 0.2) is 0 Å². The van der Waals surface area contributed by atoms with E-state index in [2.05, 4.69) is 26.3 Å². The molecule has 0 bridgehead atoms. The van der Waals surface area contributed by atoms with E-state index in [1.54, 1.807) is 18.2 Å². The Hall–Kier alpha value is -2.33. The van der Waals surface area contributed by atoms with Gasteiger partial charge in [-0.15, -0.1) is 0 Å². The van der Waals surface area contributed by atoms with Crippen molar-refractivity contribution in [3.8, 4) is 6.07 Å². The average molecular weight is 334 g/mol. The predicted octanol–water partition coefficient (Wildman–Crippen LogP) is 2.37. The Morgan fingerprint density at radius 3 is 3.00 bits per heavy atom. The van der Waals surface area contributed by atoms with Crippen molar-refractivity contribution >= 4 is 33.2 Å². The highest BCUT2D eigenvalue weighted by Gasteiger charge is 2.17. The molecular formula is C13H12BrN5O. The topological polar surface area (TPSA) is 96.7 Å². The highest BCUT2D eigenvalue weighted by atomic mass is 79.9. The molecule has 1 amide bonds. The van der Waals surface area contributed by atoms with Crippen molar-refractivity contribution in [3.63, 3.8) is 0 Å². The van der Waals surface area contributed by atoms with Crippen LogP contribution in [0.1, 0.15) is 23.0 Å². The van der Waals surface area contributed by atoms with E-state index in [4.69, 9.17) is 11.0 Å². The van der Waals surface area contributed by atoms with Crippen LogP contribution in [0.15, 0.2) is 28.9 Å². The number of nitrogens with zero attached hydrogens (tertiary/aromatic N) is 3. The summed E-state index contributed by atoms with van der Waals surface area (Å²) in [7, 11) is 0. The van der Waals surface area contributed by atoms with Gasteiger partial charge in [-0.3, -0.25) is 9.48 Å². The maximum atomic E-state index is 12.3. The van der Waals surface area contributed by atoms with E-state index in [9.17, 15) is 4.79 Å². The number of rotatable bonds is 3. The number of carbonyl (C=O) groups is 1. The van der Waals surface area contributed by atoms with Crippen LogP contribution in [0.4, 0.5) is 11.4 Å². The molecule has 0 aliphatic carbocycles. The number of aryl methyl sites for hydroxylation is 1. The number of benzene rings is 1. The molecule has 6 nitrogen and oxygen atoms in total. The van der Waals surface area contributed by atoms with E-state index in [0.29, 0.717) is 29.2 Å². The second-order valence-electron chi connectivity index (χ2n) is 4.02. The van der Waals surface area contributed by atoms with E-state index in [0.717, 1.165) is 4.47 Å². The first-order valence-corrected chi connectivity index (χ1v) is 6.68. The van der Waals surface area contributed by atoms with Gasteiger partial charge in [-0.2, -0.15) is 10.4 Å². The molecule has 7 heteroatoms. The first-order chi connectivity index (χ1) is 9.56. The van der Waals surface area contributed by atoms with Gasteiger partial charge in [0.1, 0.15) is 11.8 Å². The van der Waals surface area contributed by atoms with Crippen molar-refractivity contribution < 1.29 is 4.79 Å². The minimum atomic E-state index is -0.388. The zero-order valence-corrected chi connectivity index (χ0v) is 12.3. The molecule has 3 N–H and O–H groups in total. The lowest BCUT2D eigenvalue weighted by atomic mass is 10.2. The normalized spacial score (nSPS) is 10.1. The second-order valence-corrected chi connectivity index (χ2v) is 4.94. The minimum absolute atomic E-state index is 0.291. The fourth-order valence-electron chi connectivity index (χ4n) is 1.79. The van der Waals surface area contributed by atoms with Crippen molar-refractivity contribution in [2.45, 2.75) is 13.5 Å². The number of nitrogen functional groups attached to an aromatic ring is 1. The summed E-state index contributed by atoms with van der Waals surface area (Å²) in [6, 6.07) is 7.07. The number of nitrogens with two attached hydrogens (primary N) is 1. The summed E-state index contributed by atoms with van der Waals surface area (Å²) in [5, 5.41) is 15.8. The second kappa shape index (κ2) is 5.75. The third-order valence-electron chi connectivity index (χ3n) is 2.73. The van der Waals surface area contributed by atoms with Crippen LogP contribution in [0.2, 0.25) is 0 Å². The van der Waals surface area contributed by atoms with Gasteiger partial charge in [-0.1, -0.05) is 15.9 Å². The molecule has 2 rings (SSSR count). The number of aromatic nitrogens is 2. The summed E-state index contributed by atoms with van der Waals surface area (Å²) in [6.07, 6.45) is 1.44. The van der Waals surface area contributed by atoms with Gasteiger partial charge in [0.25, 0.3) is 5.91 Å². The number of hydrogen-bond donors (Lipinski definition) is 2. The summed E-state index contributed by atoms with van der Waals surface area (Å²) >= 11 is 3.28. The summed E-state index contributed by atoms with van der Waals surface area (Å²) in [5.41, 5.74) is 7.15. The summed E-state index contributed by atoms with van der Waals surface area (Å²) in [6.45, 7) is 2.40. The zero-order valence-electron chi connectivity index (χ0n) is 10.7. The van der Waals surface area contributed by atoms with Crippen molar-refractivity contribution in [1.82, 2.24) is 9.78 Å². The van der Waals surface area contributed by atoms with Crippen molar-refractivity contribution in [2.24, 2.45) is 0 Å². The van der Waals surface area contributed by atoms with Crippen LogP contribution >= 0.6 is 15.9 Å². The largest absolute Gasteiger partial charge is 0.396 e. The number of nitriles is 1. The lowest BCUT2D eigenvalue weighted by molar-refractivity contribution is 0.101. The quantitative estimate of drug-likeness (QED) is 0.900.